The Morgan fingerprint density at radius 2 is 1.68 bits per heavy atom. The number of halogens is 5. The van der Waals surface area contributed by atoms with E-state index in [1.807, 2.05) is 0 Å². The maximum absolute atomic E-state index is 13.3. The molecular formula is C11H12F5NO2. The Bertz CT molecular complexity index is 422. The standard InChI is InChI=1S/C11H12F5NO2/c12-10(13,11(14,15)16)8-3-1-2-4-9(8)17-5-7(19)6-18/h1-4,7,17-19H,5-6H2. The molecule has 0 bridgehead atoms. The molecule has 19 heavy (non-hydrogen) atoms. The highest BCUT2D eigenvalue weighted by atomic mass is 19.4. The number of para-hydroxylation sites is 1. The Balaban J connectivity index is 3.02. The van der Waals surface area contributed by atoms with E-state index in [2.05, 4.69) is 5.32 Å². The van der Waals surface area contributed by atoms with E-state index < -0.39 is 36.1 Å². The highest BCUT2D eigenvalue weighted by Gasteiger charge is 2.59. The summed E-state index contributed by atoms with van der Waals surface area (Å²) in [6, 6.07) is 4.03. The fraction of sp³-hybridized carbons (Fsp3) is 0.455. The molecule has 1 rings (SSSR count). The number of rotatable bonds is 5. The van der Waals surface area contributed by atoms with Crippen molar-refractivity contribution >= 4 is 5.69 Å². The highest BCUT2D eigenvalue weighted by molar-refractivity contribution is 5.53. The second-order valence-electron chi connectivity index (χ2n) is 3.84. The molecule has 108 valence electrons. The van der Waals surface area contributed by atoms with Crippen molar-refractivity contribution in [3.05, 3.63) is 29.8 Å². The molecule has 3 N–H and O–H groups in total. The number of hydrogen-bond acceptors (Lipinski definition) is 3. The first-order valence-electron chi connectivity index (χ1n) is 5.27. The second-order valence-corrected chi connectivity index (χ2v) is 3.84. The Kier molecular flexibility index (Phi) is 4.70. The van der Waals surface area contributed by atoms with Gasteiger partial charge in [0, 0.05) is 12.2 Å². The van der Waals surface area contributed by atoms with E-state index >= 15 is 0 Å². The summed E-state index contributed by atoms with van der Waals surface area (Å²) in [6.45, 7) is -0.980. The van der Waals surface area contributed by atoms with Crippen molar-refractivity contribution < 1.29 is 32.2 Å². The summed E-state index contributed by atoms with van der Waals surface area (Å²) < 4.78 is 63.4. The lowest BCUT2D eigenvalue weighted by Gasteiger charge is -2.23. The van der Waals surface area contributed by atoms with Crippen molar-refractivity contribution in [3.8, 4) is 0 Å². The molecule has 0 aromatic heterocycles. The van der Waals surface area contributed by atoms with Crippen LogP contribution in [0, 0.1) is 0 Å². The van der Waals surface area contributed by atoms with Gasteiger partial charge in [0.15, 0.2) is 0 Å². The van der Waals surface area contributed by atoms with E-state index in [0.717, 1.165) is 12.1 Å². The Morgan fingerprint density at radius 1 is 1.11 bits per heavy atom. The first kappa shape index (κ1) is 15.6. The van der Waals surface area contributed by atoms with Gasteiger partial charge in [-0.15, -0.1) is 0 Å². The van der Waals surface area contributed by atoms with Crippen LogP contribution in [0.3, 0.4) is 0 Å². The van der Waals surface area contributed by atoms with Gasteiger partial charge in [0.1, 0.15) is 0 Å². The summed E-state index contributed by atoms with van der Waals surface area (Å²) in [4.78, 5) is 0. The van der Waals surface area contributed by atoms with Crippen LogP contribution in [-0.2, 0) is 5.92 Å². The zero-order valence-electron chi connectivity index (χ0n) is 9.59. The van der Waals surface area contributed by atoms with E-state index in [0.29, 0.717) is 6.07 Å². The van der Waals surface area contributed by atoms with Gasteiger partial charge in [0.2, 0.25) is 0 Å². The molecule has 0 spiro atoms. The number of aliphatic hydroxyl groups excluding tert-OH is 2. The number of anilines is 1. The van der Waals surface area contributed by atoms with Crippen molar-refractivity contribution in [2.45, 2.75) is 18.2 Å². The summed E-state index contributed by atoms with van der Waals surface area (Å²) in [5, 5.41) is 19.9. The number of benzene rings is 1. The SMILES string of the molecule is OCC(O)CNc1ccccc1C(F)(F)C(F)(F)F. The largest absolute Gasteiger partial charge is 0.458 e. The average molecular weight is 285 g/mol. The maximum Gasteiger partial charge on any atom is 0.458 e. The predicted octanol–water partition coefficient (Wildman–Crippen LogP) is 2.11. The summed E-state index contributed by atoms with van der Waals surface area (Å²) in [7, 11) is 0. The van der Waals surface area contributed by atoms with E-state index in [-0.39, 0.29) is 6.54 Å². The van der Waals surface area contributed by atoms with Crippen LogP contribution in [0.1, 0.15) is 5.56 Å². The molecule has 0 radical (unpaired) electrons. The van der Waals surface area contributed by atoms with Crippen LogP contribution in [-0.4, -0.2) is 35.6 Å². The third kappa shape index (κ3) is 3.54. The third-order valence-electron chi connectivity index (χ3n) is 2.36. The molecule has 1 unspecified atom stereocenters. The van der Waals surface area contributed by atoms with Gasteiger partial charge in [0.05, 0.1) is 18.3 Å². The van der Waals surface area contributed by atoms with Crippen molar-refractivity contribution in [1.29, 1.82) is 0 Å². The third-order valence-corrected chi connectivity index (χ3v) is 2.36. The predicted molar refractivity (Wildman–Crippen MR) is 58.0 cm³/mol. The molecular weight excluding hydrogens is 273 g/mol. The molecule has 0 aliphatic heterocycles. The Morgan fingerprint density at radius 3 is 2.21 bits per heavy atom. The van der Waals surface area contributed by atoms with E-state index in [1.165, 1.54) is 6.07 Å². The minimum Gasteiger partial charge on any atom is -0.394 e. The summed E-state index contributed by atoms with van der Waals surface area (Å²) in [5.41, 5.74) is -1.68. The van der Waals surface area contributed by atoms with Crippen molar-refractivity contribution in [2.75, 3.05) is 18.5 Å². The van der Waals surface area contributed by atoms with Crippen LogP contribution < -0.4 is 5.32 Å². The number of hydrogen-bond donors (Lipinski definition) is 3. The van der Waals surface area contributed by atoms with Crippen molar-refractivity contribution in [3.63, 3.8) is 0 Å². The van der Waals surface area contributed by atoms with Crippen LogP contribution in [0.25, 0.3) is 0 Å². The van der Waals surface area contributed by atoms with Crippen molar-refractivity contribution in [2.24, 2.45) is 0 Å². The first-order valence-corrected chi connectivity index (χ1v) is 5.27. The minimum atomic E-state index is -5.71. The monoisotopic (exact) mass is 285 g/mol. The fourth-order valence-electron chi connectivity index (χ4n) is 1.36. The molecule has 0 fully saturated rings. The minimum absolute atomic E-state index is 0.346. The summed E-state index contributed by atoms with van der Waals surface area (Å²) in [5.74, 6) is -5.00. The quantitative estimate of drug-likeness (QED) is 0.726. The van der Waals surface area contributed by atoms with Gasteiger partial charge in [-0.2, -0.15) is 22.0 Å². The molecule has 0 heterocycles. The van der Waals surface area contributed by atoms with Crippen LogP contribution in [0.15, 0.2) is 24.3 Å². The lowest BCUT2D eigenvalue weighted by molar-refractivity contribution is -0.289. The summed E-state index contributed by atoms with van der Waals surface area (Å²) in [6.07, 6.45) is -6.96. The zero-order valence-corrected chi connectivity index (χ0v) is 9.59. The lowest BCUT2D eigenvalue weighted by atomic mass is 10.1. The maximum atomic E-state index is 13.3. The molecule has 0 aliphatic rings. The Hall–Kier alpha value is -1.41. The molecule has 1 aromatic rings. The van der Waals surface area contributed by atoms with Crippen LogP contribution in [0.2, 0.25) is 0 Å². The number of nitrogens with one attached hydrogen (secondary N) is 1. The van der Waals surface area contributed by atoms with E-state index in [9.17, 15) is 22.0 Å². The van der Waals surface area contributed by atoms with Gasteiger partial charge in [-0.05, 0) is 6.07 Å². The average Bonchev–Trinajstić information content (AvgIpc) is 2.34. The van der Waals surface area contributed by atoms with Gasteiger partial charge >= 0.3 is 12.1 Å². The Labute approximate surface area is 105 Å². The number of aliphatic hydroxyl groups is 2. The highest BCUT2D eigenvalue weighted by Crippen LogP contribution is 2.46. The molecule has 0 saturated heterocycles. The molecule has 8 heteroatoms. The molecule has 0 aliphatic carbocycles. The molecule has 1 atom stereocenters. The fourth-order valence-corrected chi connectivity index (χ4v) is 1.36. The molecule has 0 amide bonds. The smallest absolute Gasteiger partial charge is 0.394 e. The number of alkyl halides is 5. The topological polar surface area (TPSA) is 52.5 Å². The molecule has 3 nitrogen and oxygen atoms in total. The second kappa shape index (κ2) is 5.70. The van der Waals surface area contributed by atoms with E-state index in [4.69, 9.17) is 10.2 Å². The van der Waals surface area contributed by atoms with Gasteiger partial charge in [0.25, 0.3) is 0 Å². The van der Waals surface area contributed by atoms with Gasteiger partial charge < -0.3 is 15.5 Å². The van der Waals surface area contributed by atoms with Crippen molar-refractivity contribution in [1.82, 2.24) is 0 Å². The van der Waals surface area contributed by atoms with E-state index in [1.54, 1.807) is 0 Å². The van der Waals surface area contributed by atoms with Gasteiger partial charge in [-0.1, -0.05) is 18.2 Å². The lowest BCUT2D eigenvalue weighted by Crippen LogP contribution is -2.35. The zero-order chi connectivity index (χ0) is 14.7. The normalized spacial score (nSPS) is 14.3. The summed E-state index contributed by atoms with van der Waals surface area (Å²) >= 11 is 0. The molecule has 1 aromatic carbocycles. The molecule has 0 saturated carbocycles. The van der Waals surface area contributed by atoms with Crippen LogP contribution in [0.4, 0.5) is 27.6 Å². The van der Waals surface area contributed by atoms with Crippen LogP contribution in [0.5, 0.6) is 0 Å². The van der Waals surface area contributed by atoms with Gasteiger partial charge in [-0.25, -0.2) is 0 Å². The van der Waals surface area contributed by atoms with Crippen LogP contribution >= 0.6 is 0 Å². The van der Waals surface area contributed by atoms with Gasteiger partial charge in [-0.3, -0.25) is 0 Å². The first-order chi connectivity index (χ1) is 8.70.